The van der Waals surface area contributed by atoms with E-state index < -0.39 is 0 Å². The maximum absolute atomic E-state index is 5.90. The van der Waals surface area contributed by atoms with Crippen LogP contribution in [0.25, 0.3) is 0 Å². The largest absolute Gasteiger partial charge is 0.255 e. The molecule has 0 saturated carbocycles. The minimum absolute atomic E-state index is 0. The van der Waals surface area contributed by atoms with Gasteiger partial charge < -0.3 is 0 Å². The molecule has 0 aliphatic carbocycles. The molecular formula is C11H12Cl2N2. The topological polar surface area (TPSA) is 24.7 Å². The molecule has 4 heteroatoms. The highest BCUT2D eigenvalue weighted by Crippen LogP contribution is 2.33. The van der Waals surface area contributed by atoms with Crippen LogP contribution in [0, 0.1) is 0 Å². The van der Waals surface area contributed by atoms with Gasteiger partial charge in [0.05, 0.1) is 11.4 Å². The average Bonchev–Trinajstić information content (AvgIpc) is 2.21. The molecule has 0 spiro atoms. The zero-order valence-electron chi connectivity index (χ0n) is 8.62. The lowest BCUT2D eigenvalue weighted by atomic mass is 10.2. The quantitative estimate of drug-likeness (QED) is 0.647. The van der Waals surface area contributed by atoms with Gasteiger partial charge in [0.25, 0.3) is 0 Å². The van der Waals surface area contributed by atoms with Crippen LogP contribution >= 0.6 is 24.0 Å². The first-order chi connectivity index (χ1) is 6.65. The Bertz CT molecular complexity index is 436. The zero-order chi connectivity index (χ0) is 10.1. The van der Waals surface area contributed by atoms with E-state index in [1.807, 2.05) is 32.0 Å². The number of hydrogen-bond donors (Lipinski definition) is 0. The van der Waals surface area contributed by atoms with Crippen molar-refractivity contribution in [1.29, 1.82) is 0 Å². The summed E-state index contributed by atoms with van der Waals surface area (Å²) < 4.78 is 0. The van der Waals surface area contributed by atoms with Crippen LogP contribution in [0.3, 0.4) is 0 Å². The summed E-state index contributed by atoms with van der Waals surface area (Å²) in [6.07, 6.45) is 0.840. The molecule has 1 aromatic rings. The smallest absolute Gasteiger partial charge is 0.0900 e. The minimum atomic E-state index is 0. The van der Waals surface area contributed by atoms with Crippen LogP contribution in [0.15, 0.2) is 28.2 Å². The van der Waals surface area contributed by atoms with Crippen LogP contribution < -0.4 is 0 Å². The molecule has 0 unspecified atom stereocenters. The average molecular weight is 243 g/mol. The van der Waals surface area contributed by atoms with Crippen molar-refractivity contribution in [3.63, 3.8) is 0 Å². The Morgan fingerprint density at radius 2 is 1.67 bits per heavy atom. The van der Waals surface area contributed by atoms with E-state index in [0.29, 0.717) is 5.02 Å². The SMILES string of the molecule is CC1=Nc2ccc(Cl)cc2N=C(C)C1.Cl. The van der Waals surface area contributed by atoms with Gasteiger partial charge in [-0.25, -0.2) is 0 Å². The number of nitrogens with zero attached hydrogens (tertiary/aromatic N) is 2. The zero-order valence-corrected chi connectivity index (χ0v) is 10.2. The maximum atomic E-state index is 5.90. The van der Waals surface area contributed by atoms with Crippen LogP contribution in [0.2, 0.25) is 5.02 Å². The number of benzene rings is 1. The van der Waals surface area contributed by atoms with E-state index in [9.17, 15) is 0 Å². The Kier molecular flexibility index (Phi) is 3.89. The van der Waals surface area contributed by atoms with Gasteiger partial charge in [-0.15, -0.1) is 12.4 Å². The molecule has 80 valence electrons. The van der Waals surface area contributed by atoms with Crippen molar-refractivity contribution >= 4 is 46.8 Å². The summed E-state index contributed by atoms with van der Waals surface area (Å²) in [4.78, 5) is 8.94. The molecule has 0 atom stereocenters. The van der Waals surface area contributed by atoms with Crippen molar-refractivity contribution in [3.8, 4) is 0 Å². The van der Waals surface area contributed by atoms with Gasteiger partial charge in [0.15, 0.2) is 0 Å². The van der Waals surface area contributed by atoms with Crippen molar-refractivity contribution in [1.82, 2.24) is 0 Å². The second-order valence-corrected chi connectivity index (χ2v) is 3.94. The predicted octanol–water partition coefficient (Wildman–Crippen LogP) is 4.35. The Balaban J connectivity index is 0.00000112. The van der Waals surface area contributed by atoms with E-state index in [1.165, 1.54) is 0 Å². The van der Waals surface area contributed by atoms with Gasteiger partial charge in [-0.3, -0.25) is 9.98 Å². The van der Waals surface area contributed by atoms with Crippen molar-refractivity contribution in [2.75, 3.05) is 0 Å². The van der Waals surface area contributed by atoms with Gasteiger partial charge >= 0.3 is 0 Å². The standard InChI is InChI=1S/C11H11ClN2.ClH/c1-7-5-8(2)14-11-6-9(12)3-4-10(11)13-7;/h3-4,6H,5H2,1-2H3;1H. The molecule has 2 nitrogen and oxygen atoms in total. The molecule has 0 amide bonds. The molecule has 0 saturated heterocycles. The van der Waals surface area contributed by atoms with E-state index in [1.54, 1.807) is 0 Å². The first kappa shape index (κ1) is 12.2. The van der Waals surface area contributed by atoms with Gasteiger partial charge in [0, 0.05) is 22.9 Å². The predicted molar refractivity (Wildman–Crippen MR) is 68.9 cm³/mol. The summed E-state index contributed by atoms with van der Waals surface area (Å²) in [6, 6.07) is 5.60. The number of rotatable bonds is 0. The maximum Gasteiger partial charge on any atom is 0.0900 e. The van der Waals surface area contributed by atoms with E-state index in [0.717, 1.165) is 29.2 Å². The number of halogens is 2. The third-order valence-corrected chi connectivity index (χ3v) is 2.31. The van der Waals surface area contributed by atoms with E-state index in [4.69, 9.17) is 11.6 Å². The second-order valence-electron chi connectivity index (χ2n) is 3.50. The third kappa shape index (κ3) is 2.80. The molecule has 0 fully saturated rings. The van der Waals surface area contributed by atoms with Gasteiger partial charge in [-0.2, -0.15) is 0 Å². The Morgan fingerprint density at radius 3 is 2.33 bits per heavy atom. The fourth-order valence-corrected chi connectivity index (χ4v) is 1.71. The molecule has 2 rings (SSSR count). The Morgan fingerprint density at radius 1 is 1.07 bits per heavy atom. The van der Waals surface area contributed by atoms with E-state index >= 15 is 0 Å². The Labute approximate surface area is 100 Å². The van der Waals surface area contributed by atoms with Gasteiger partial charge in [-0.05, 0) is 32.0 Å². The van der Waals surface area contributed by atoms with Crippen molar-refractivity contribution in [2.45, 2.75) is 20.3 Å². The fourth-order valence-electron chi connectivity index (χ4n) is 1.54. The lowest BCUT2D eigenvalue weighted by molar-refractivity contribution is 1.44. The van der Waals surface area contributed by atoms with Crippen LogP contribution in [0.5, 0.6) is 0 Å². The fraction of sp³-hybridized carbons (Fsp3) is 0.273. The normalized spacial score (nSPS) is 14.3. The van der Waals surface area contributed by atoms with Crippen LogP contribution in [-0.4, -0.2) is 11.4 Å². The van der Waals surface area contributed by atoms with Crippen molar-refractivity contribution < 1.29 is 0 Å². The Hall–Kier alpha value is -0.860. The summed E-state index contributed by atoms with van der Waals surface area (Å²) >= 11 is 5.90. The molecule has 0 radical (unpaired) electrons. The summed E-state index contributed by atoms with van der Waals surface area (Å²) in [5, 5.41) is 0.704. The van der Waals surface area contributed by atoms with E-state index in [2.05, 4.69) is 9.98 Å². The molecule has 0 aromatic heterocycles. The van der Waals surface area contributed by atoms with Crippen molar-refractivity contribution in [3.05, 3.63) is 23.2 Å². The van der Waals surface area contributed by atoms with Gasteiger partial charge in [-0.1, -0.05) is 11.6 Å². The van der Waals surface area contributed by atoms with Gasteiger partial charge in [0.1, 0.15) is 0 Å². The van der Waals surface area contributed by atoms with Gasteiger partial charge in [0.2, 0.25) is 0 Å². The summed E-state index contributed by atoms with van der Waals surface area (Å²) in [7, 11) is 0. The molecular weight excluding hydrogens is 231 g/mol. The first-order valence-electron chi connectivity index (χ1n) is 4.53. The molecule has 1 aliphatic heterocycles. The molecule has 1 aromatic carbocycles. The summed E-state index contributed by atoms with van der Waals surface area (Å²) in [5.74, 6) is 0. The minimum Gasteiger partial charge on any atom is -0.255 e. The second kappa shape index (κ2) is 4.77. The van der Waals surface area contributed by atoms with E-state index in [-0.39, 0.29) is 12.4 Å². The summed E-state index contributed by atoms with van der Waals surface area (Å²) in [6.45, 7) is 4.03. The molecule has 0 N–H and O–H groups in total. The van der Waals surface area contributed by atoms with Crippen molar-refractivity contribution in [2.24, 2.45) is 9.98 Å². The molecule has 1 aliphatic rings. The first-order valence-corrected chi connectivity index (χ1v) is 4.91. The highest BCUT2D eigenvalue weighted by molar-refractivity contribution is 6.31. The monoisotopic (exact) mass is 242 g/mol. The highest BCUT2D eigenvalue weighted by atomic mass is 35.5. The highest BCUT2D eigenvalue weighted by Gasteiger charge is 2.07. The molecule has 15 heavy (non-hydrogen) atoms. The lowest BCUT2D eigenvalue weighted by Gasteiger charge is -1.99. The number of fused-ring (bicyclic) bond motifs is 1. The van der Waals surface area contributed by atoms with Crippen LogP contribution in [0.4, 0.5) is 11.4 Å². The third-order valence-electron chi connectivity index (χ3n) is 2.07. The molecule has 1 heterocycles. The number of aliphatic imine (C=N–C) groups is 2. The van der Waals surface area contributed by atoms with Crippen LogP contribution in [-0.2, 0) is 0 Å². The molecule has 0 bridgehead atoms. The lowest BCUT2D eigenvalue weighted by Crippen LogP contribution is -1.97. The van der Waals surface area contributed by atoms with Crippen LogP contribution in [0.1, 0.15) is 20.3 Å². The summed E-state index contributed by atoms with van der Waals surface area (Å²) in [5.41, 5.74) is 3.94. The number of hydrogen-bond acceptors (Lipinski definition) is 2.